The van der Waals surface area contributed by atoms with Crippen LogP contribution in [0.25, 0.3) is 0 Å². The van der Waals surface area contributed by atoms with Gasteiger partial charge in [-0.3, -0.25) is 0 Å². The number of likely N-dealkylation sites (N-methyl/N-ethyl adjacent to an activating group) is 1. The summed E-state index contributed by atoms with van der Waals surface area (Å²) in [4.78, 5) is 14.4. The molecule has 4 nitrogen and oxygen atoms in total. The Morgan fingerprint density at radius 3 is 2.84 bits per heavy atom. The summed E-state index contributed by atoms with van der Waals surface area (Å²) in [5, 5.41) is 3.36. The number of anilines is 1. The minimum absolute atomic E-state index is 0.205. The van der Waals surface area contributed by atoms with Gasteiger partial charge in [0.1, 0.15) is 5.54 Å². The number of benzene rings is 1. The summed E-state index contributed by atoms with van der Waals surface area (Å²) in [6.07, 6.45) is 0.739. The van der Waals surface area contributed by atoms with Crippen LogP contribution in [0.5, 0.6) is 0 Å². The summed E-state index contributed by atoms with van der Waals surface area (Å²) in [5.41, 5.74) is 0.256. The highest BCUT2D eigenvalue weighted by atomic mass is 79.9. The van der Waals surface area contributed by atoms with Gasteiger partial charge in [-0.05, 0) is 38.6 Å². The number of carbonyl (C=O) groups is 1. The van der Waals surface area contributed by atoms with Crippen molar-refractivity contribution in [2.24, 2.45) is 0 Å². The SMILES string of the molecule is COC(=O)C1(Nc2cccc(Br)c2)CC(C)N(C)C1. The highest BCUT2D eigenvalue weighted by Gasteiger charge is 2.47. The third-order valence-electron chi connectivity index (χ3n) is 3.70. The van der Waals surface area contributed by atoms with Crippen molar-refractivity contribution in [2.45, 2.75) is 24.9 Å². The number of carbonyl (C=O) groups excluding carboxylic acids is 1. The summed E-state index contributed by atoms with van der Waals surface area (Å²) >= 11 is 3.44. The molecule has 2 atom stereocenters. The van der Waals surface area contributed by atoms with Crippen molar-refractivity contribution in [3.63, 3.8) is 0 Å². The second-order valence-corrected chi connectivity index (χ2v) is 6.09. The van der Waals surface area contributed by atoms with Crippen LogP contribution in [0.4, 0.5) is 5.69 Å². The molecule has 2 unspecified atom stereocenters. The van der Waals surface area contributed by atoms with Gasteiger partial charge in [-0.25, -0.2) is 4.79 Å². The zero-order valence-electron chi connectivity index (χ0n) is 11.4. The minimum Gasteiger partial charge on any atom is -0.467 e. The maximum Gasteiger partial charge on any atom is 0.332 e. The van der Waals surface area contributed by atoms with Crippen LogP contribution in [0.1, 0.15) is 13.3 Å². The van der Waals surface area contributed by atoms with Crippen molar-refractivity contribution in [1.29, 1.82) is 0 Å². The Kier molecular flexibility index (Phi) is 4.16. The van der Waals surface area contributed by atoms with E-state index in [2.05, 4.69) is 33.1 Å². The second kappa shape index (κ2) is 5.51. The fourth-order valence-electron chi connectivity index (χ4n) is 2.63. The maximum absolute atomic E-state index is 12.2. The molecule has 0 radical (unpaired) electrons. The molecule has 1 aromatic carbocycles. The van der Waals surface area contributed by atoms with E-state index in [0.717, 1.165) is 16.6 Å². The van der Waals surface area contributed by atoms with Gasteiger partial charge in [0.05, 0.1) is 7.11 Å². The van der Waals surface area contributed by atoms with Gasteiger partial charge in [0.15, 0.2) is 0 Å². The van der Waals surface area contributed by atoms with E-state index < -0.39 is 5.54 Å². The highest BCUT2D eigenvalue weighted by molar-refractivity contribution is 9.10. The van der Waals surface area contributed by atoms with Crippen molar-refractivity contribution in [3.8, 4) is 0 Å². The zero-order chi connectivity index (χ0) is 14.0. The number of nitrogens with one attached hydrogen (secondary N) is 1. The van der Waals surface area contributed by atoms with E-state index in [1.807, 2.05) is 31.3 Å². The van der Waals surface area contributed by atoms with Gasteiger partial charge in [0, 0.05) is 22.7 Å². The number of hydrogen-bond donors (Lipinski definition) is 1. The second-order valence-electron chi connectivity index (χ2n) is 5.18. The molecule has 0 bridgehead atoms. The molecule has 0 spiro atoms. The lowest BCUT2D eigenvalue weighted by molar-refractivity contribution is -0.145. The number of esters is 1. The standard InChI is InChI=1S/C14H19BrN2O2/c1-10-8-14(9-17(10)2,13(18)19-3)16-12-6-4-5-11(15)7-12/h4-7,10,16H,8-9H2,1-3H3. The van der Waals surface area contributed by atoms with Gasteiger partial charge in [0.25, 0.3) is 0 Å². The van der Waals surface area contributed by atoms with Crippen LogP contribution < -0.4 is 5.32 Å². The van der Waals surface area contributed by atoms with Gasteiger partial charge < -0.3 is 15.0 Å². The number of hydrogen-bond acceptors (Lipinski definition) is 4. The molecule has 1 saturated heterocycles. The summed E-state index contributed by atoms with van der Waals surface area (Å²) in [6.45, 7) is 2.76. The average Bonchev–Trinajstić information content (AvgIpc) is 2.64. The van der Waals surface area contributed by atoms with Crippen LogP contribution in [0, 0.1) is 0 Å². The molecule has 1 fully saturated rings. The number of nitrogens with zero attached hydrogens (tertiary/aromatic N) is 1. The quantitative estimate of drug-likeness (QED) is 0.866. The van der Waals surface area contributed by atoms with E-state index in [0.29, 0.717) is 12.6 Å². The van der Waals surface area contributed by atoms with Crippen molar-refractivity contribution in [1.82, 2.24) is 4.90 Å². The molecule has 1 aliphatic rings. The molecule has 1 aromatic rings. The smallest absolute Gasteiger partial charge is 0.332 e. The lowest BCUT2D eigenvalue weighted by Crippen LogP contribution is -2.49. The first-order chi connectivity index (χ1) is 8.97. The number of halogens is 1. The fraction of sp³-hybridized carbons (Fsp3) is 0.500. The topological polar surface area (TPSA) is 41.6 Å². The number of rotatable bonds is 3. The van der Waals surface area contributed by atoms with E-state index in [9.17, 15) is 4.79 Å². The lowest BCUT2D eigenvalue weighted by Gasteiger charge is -2.28. The fourth-order valence-corrected chi connectivity index (χ4v) is 3.03. The Balaban J connectivity index is 2.27. The predicted molar refractivity (Wildman–Crippen MR) is 79.2 cm³/mol. The summed E-state index contributed by atoms with van der Waals surface area (Å²) < 4.78 is 5.98. The van der Waals surface area contributed by atoms with Crippen LogP contribution in [-0.4, -0.2) is 43.2 Å². The minimum atomic E-state index is -0.663. The maximum atomic E-state index is 12.2. The molecule has 1 N–H and O–H groups in total. The Bertz CT molecular complexity index is 468. The van der Waals surface area contributed by atoms with Gasteiger partial charge in [-0.15, -0.1) is 0 Å². The molecule has 1 aliphatic heterocycles. The van der Waals surface area contributed by atoms with Crippen LogP contribution in [0.15, 0.2) is 28.7 Å². The van der Waals surface area contributed by atoms with Gasteiger partial charge in [0.2, 0.25) is 0 Å². The van der Waals surface area contributed by atoms with Crippen LogP contribution >= 0.6 is 15.9 Å². The van der Waals surface area contributed by atoms with E-state index in [1.165, 1.54) is 7.11 Å². The average molecular weight is 327 g/mol. The Morgan fingerprint density at radius 1 is 1.58 bits per heavy atom. The molecule has 0 amide bonds. The van der Waals surface area contributed by atoms with Crippen molar-refractivity contribution in [3.05, 3.63) is 28.7 Å². The van der Waals surface area contributed by atoms with Crippen molar-refractivity contribution in [2.75, 3.05) is 26.0 Å². The Hall–Kier alpha value is -1.07. The molecule has 5 heteroatoms. The van der Waals surface area contributed by atoms with Crippen molar-refractivity contribution < 1.29 is 9.53 Å². The summed E-state index contributed by atoms with van der Waals surface area (Å²) in [5.74, 6) is -0.205. The van der Waals surface area contributed by atoms with Crippen molar-refractivity contribution >= 4 is 27.6 Å². The van der Waals surface area contributed by atoms with E-state index >= 15 is 0 Å². The number of likely N-dealkylation sites (tertiary alicyclic amines) is 1. The molecule has 0 aliphatic carbocycles. The molecule has 2 rings (SSSR count). The first-order valence-corrected chi connectivity index (χ1v) is 7.08. The van der Waals surface area contributed by atoms with E-state index in [4.69, 9.17) is 4.74 Å². The highest BCUT2D eigenvalue weighted by Crippen LogP contribution is 2.31. The third kappa shape index (κ3) is 2.92. The van der Waals surface area contributed by atoms with Gasteiger partial charge >= 0.3 is 5.97 Å². The Morgan fingerprint density at radius 2 is 2.32 bits per heavy atom. The molecule has 0 saturated carbocycles. The predicted octanol–water partition coefficient (Wildman–Crippen LogP) is 2.50. The normalized spacial score (nSPS) is 27.3. The molecule has 1 heterocycles. The number of methoxy groups -OCH3 is 1. The summed E-state index contributed by atoms with van der Waals surface area (Å²) in [7, 11) is 3.47. The number of ether oxygens (including phenoxy) is 1. The molecule has 104 valence electrons. The molecule has 0 aromatic heterocycles. The van der Waals surface area contributed by atoms with Gasteiger partial charge in [-0.2, -0.15) is 0 Å². The van der Waals surface area contributed by atoms with E-state index in [1.54, 1.807) is 0 Å². The van der Waals surface area contributed by atoms with E-state index in [-0.39, 0.29) is 5.97 Å². The zero-order valence-corrected chi connectivity index (χ0v) is 13.0. The first kappa shape index (κ1) is 14.3. The third-order valence-corrected chi connectivity index (χ3v) is 4.19. The summed E-state index contributed by atoms with van der Waals surface area (Å²) in [6, 6.07) is 8.17. The molecular formula is C14H19BrN2O2. The molecule has 19 heavy (non-hydrogen) atoms. The first-order valence-electron chi connectivity index (χ1n) is 6.29. The van der Waals surface area contributed by atoms with Crippen LogP contribution in [0.2, 0.25) is 0 Å². The monoisotopic (exact) mass is 326 g/mol. The Labute approximate surface area is 122 Å². The molecular weight excluding hydrogens is 308 g/mol. The van der Waals surface area contributed by atoms with Crippen LogP contribution in [0.3, 0.4) is 0 Å². The lowest BCUT2D eigenvalue weighted by atomic mass is 9.96. The van der Waals surface area contributed by atoms with Gasteiger partial charge in [-0.1, -0.05) is 22.0 Å². The largest absolute Gasteiger partial charge is 0.467 e. The van der Waals surface area contributed by atoms with Crippen LogP contribution in [-0.2, 0) is 9.53 Å².